The van der Waals surface area contributed by atoms with Crippen molar-refractivity contribution >= 4 is 11.6 Å². The van der Waals surface area contributed by atoms with E-state index in [-0.39, 0.29) is 29.3 Å². The SMILES string of the molecule is COCC1CC(=O)C2CCCC1C2=O. The van der Waals surface area contributed by atoms with Crippen molar-refractivity contribution in [3.8, 4) is 0 Å². The third-order valence-corrected chi connectivity index (χ3v) is 3.52. The normalized spacial score (nSPS) is 37.4. The zero-order valence-corrected chi connectivity index (χ0v) is 8.49. The molecule has 0 aliphatic heterocycles. The molecule has 0 aromatic heterocycles. The molecule has 3 heteroatoms. The van der Waals surface area contributed by atoms with Gasteiger partial charge >= 0.3 is 0 Å². The molecule has 0 radical (unpaired) electrons. The van der Waals surface area contributed by atoms with Crippen molar-refractivity contribution in [2.75, 3.05) is 13.7 Å². The van der Waals surface area contributed by atoms with Gasteiger partial charge in [0.1, 0.15) is 11.6 Å². The summed E-state index contributed by atoms with van der Waals surface area (Å²) in [6.45, 7) is 0.550. The summed E-state index contributed by atoms with van der Waals surface area (Å²) < 4.78 is 5.06. The van der Waals surface area contributed by atoms with Crippen molar-refractivity contribution in [3.05, 3.63) is 0 Å². The number of Topliss-reactive ketones (excluding diaryl/α,β-unsaturated/α-hetero) is 2. The standard InChI is InChI=1S/C11H16O3/c1-14-6-7-5-10(12)9-4-2-3-8(7)11(9)13/h7-9H,2-6H2,1H3. The van der Waals surface area contributed by atoms with Gasteiger partial charge in [-0.2, -0.15) is 0 Å². The smallest absolute Gasteiger partial charge is 0.146 e. The molecule has 0 heterocycles. The lowest BCUT2D eigenvalue weighted by Crippen LogP contribution is -2.45. The number of ether oxygens (including phenoxy) is 1. The van der Waals surface area contributed by atoms with E-state index in [9.17, 15) is 9.59 Å². The fourth-order valence-electron chi connectivity index (χ4n) is 2.80. The molecule has 78 valence electrons. The van der Waals surface area contributed by atoms with Gasteiger partial charge in [0.25, 0.3) is 0 Å². The molecule has 2 fully saturated rings. The molecule has 0 saturated heterocycles. The van der Waals surface area contributed by atoms with Gasteiger partial charge in [0.05, 0.1) is 12.5 Å². The molecule has 0 amide bonds. The van der Waals surface area contributed by atoms with Crippen LogP contribution in [0.3, 0.4) is 0 Å². The highest BCUT2D eigenvalue weighted by molar-refractivity contribution is 6.06. The average Bonchev–Trinajstić information content (AvgIpc) is 2.14. The minimum Gasteiger partial charge on any atom is -0.384 e. The van der Waals surface area contributed by atoms with E-state index in [4.69, 9.17) is 4.74 Å². The van der Waals surface area contributed by atoms with E-state index < -0.39 is 0 Å². The van der Waals surface area contributed by atoms with E-state index in [1.807, 2.05) is 0 Å². The van der Waals surface area contributed by atoms with Crippen LogP contribution < -0.4 is 0 Å². The Bertz CT molecular complexity index is 259. The molecular formula is C11H16O3. The third kappa shape index (κ3) is 1.50. The van der Waals surface area contributed by atoms with E-state index in [1.165, 1.54) is 0 Å². The van der Waals surface area contributed by atoms with Gasteiger partial charge in [-0.05, 0) is 18.8 Å². The van der Waals surface area contributed by atoms with Crippen LogP contribution in [-0.2, 0) is 14.3 Å². The van der Waals surface area contributed by atoms with Crippen LogP contribution in [0.15, 0.2) is 0 Å². The summed E-state index contributed by atoms with van der Waals surface area (Å²) in [7, 11) is 1.63. The first-order valence-corrected chi connectivity index (χ1v) is 5.29. The molecular weight excluding hydrogens is 180 g/mol. The molecule has 3 unspecified atom stereocenters. The molecule has 0 spiro atoms. The number of carbonyl (C=O) groups is 2. The van der Waals surface area contributed by atoms with Crippen LogP contribution in [0.5, 0.6) is 0 Å². The van der Waals surface area contributed by atoms with Crippen molar-refractivity contribution in [1.29, 1.82) is 0 Å². The van der Waals surface area contributed by atoms with Gasteiger partial charge in [0.15, 0.2) is 0 Å². The second kappa shape index (κ2) is 3.81. The summed E-state index contributed by atoms with van der Waals surface area (Å²) in [6, 6.07) is 0. The topological polar surface area (TPSA) is 43.4 Å². The van der Waals surface area contributed by atoms with E-state index in [2.05, 4.69) is 0 Å². The second-order valence-corrected chi connectivity index (χ2v) is 4.38. The zero-order valence-electron chi connectivity index (χ0n) is 8.49. The predicted octanol–water partition coefficient (Wildman–Crippen LogP) is 1.21. The van der Waals surface area contributed by atoms with Gasteiger partial charge in [-0.1, -0.05) is 6.42 Å². The number of hydrogen-bond acceptors (Lipinski definition) is 3. The van der Waals surface area contributed by atoms with Gasteiger partial charge in [-0.15, -0.1) is 0 Å². The first kappa shape index (κ1) is 9.84. The minimum atomic E-state index is -0.262. The van der Waals surface area contributed by atoms with Crippen LogP contribution in [0.2, 0.25) is 0 Å². The maximum Gasteiger partial charge on any atom is 0.146 e. The van der Waals surface area contributed by atoms with Crippen LogP contribution >= 0.6 is 0 Å². The number of fused-ring (bicyclic) bond motifs is 2. The van der Waals surface area contributed by atoms with Crippen molar-refractivity contribution in [3.63, 3.8) is 0 Å². The quantitative estimate of drug-likeness (QED) is 0.623. The molecule has 2 aliphatic rings. The lowest BCUT2D eigenvalue weighted by Gasteiger charge is -2.37. The van der Waals surface area contributed by atoms with Crippen LogP contribution in [0, 0.1) is 17.8 Å². The van der Waals surface area contributed by atoms with Crippen LogP contribution in [0.25, 0.3) is 0 Å². The summed E-state index contributed by atoms with van der Waals surface area (Å²) >= 11 is 0. The number of hydrogen-bond donors (Lipinski definition) is 0. The second-order valence-electron chi connectivity index (χ2n) is 4.38. The molecule has 0 aromatic rings. The number of carbonyl (C=O) groups excluding carboxylic acids is 2. The first-order valence-electron chi connectivity index (χ1n) is 5.29. The summed E-state index contributed by atoms with van der Waals surface area (Å²) in [6.07, 6.45) is 3.31. The Morgan fingerprint density at radius 1 is 1.36 bits per heavy atom. The number of rotatable bonds is 2. The molecule has 2 aliphatic carbocycles. The summed E-state index contributed by atoms with van der Waals surface area (Å²) in [5.74, 6) is 0.326. The number of ketones is 2. The molecule has 3 nitrogen and oxygen atoms in total. The van der Waals surface area contributed by atoms with Gasteiger partial charge in [0.2, 0.25) is 0 Å². The summed E-state index contributed by atoms with van der Waals surface area (Å²) in [5, 5.41) is 0. The molecule has 0 N–H and O–H groups in total. The Labute approximate surface area is 83.8 Å². The highest BCUT2D eigenvalue weighted by Gasteiger charge is 2.44. The fourth-order valence-corrected chi connectivity index (χ4v) is 2.80. The highest BCUT2D eigenvalue weighted by atomic mass is 16.5. The molecule has 2 bridgehead atoms. The first-order chi connectivity index (χ1) is 6.74. The lowest BCUT2D eigenvalue weighted by atomic mass is 9.65. The molecule has 0 aromatic carbocycles. The molecule has 2 rings (SSSR count). The summed E-state index contributed by atoms with van der Waals surface area (Å²) in [4.78, 5) is 23.5. The third-order valence-electron chi connectivity index (χ3n) is 3.52. The Morgan fingerprint density at radius 2 is 2.14 bits per heavy atom. The van der Waals surface area contributed by atoms with E-state index >= 15 is 0 Å². The van der Waals surface area contributed by atoms with Crippen molar-refractivity contribution in [1.82, 2.24) is 0 Å². The predicted molar refractivity (Wildman–Crippen MR) is 50.8 cm³/mol. The molecule has 3 atom stereocenters. The highest BCUT2D eigenvalue weighted by Crippen LogP contribution is 2.38. The summed E-state index contributed by atoms with van der Waals surface area (Å²) in [5.41, 5.74) is 0. The zero-order chi connectivity index (χ0) is 10.1. The van der Waals surface area contributed by atoms with Crippen molar-refractivity contribution < 1.29 is 14.3 Å². The van der Waals surface area contributed by atoms with Crippen molar-refractivity contribution in [2.45, 2.75) is 25.7 Å². The van der Waals surface area contributed by atoms with Crippen molar-refractivity contribution in [2.24, 2.45) is 17.8 Å². The monoisotopic (exact) mass is 196 g/mol. The van der Waals surface area contributed by atoms with Gasteiger partial charge in [-0.25, -0.2) is 0 Å². The van der Waals surface area contributed by atoms with E-state index in [1.54, 1.807) is 7.11 Å². The Kier molecular flexibility index (Phi) is 2.68. The Morgan fingerprint density at radius 3 is 2.86 bits per heavy atom. The van der Waals surface area contributed by atoms with Crippen LogP contribution in [-0.4, -0.2) is 25.3 Å². The van der Waals surface area contributed by atoms with E-state index in [0.717, 1.165) is 19.3 Å². The van der Waals surface area contributed by atoms with Gasteiger partial charge in [-0.3, -0.25) is 9.59 Å². The van der Waals surface area contributed by atoms with E-state index in [0.29, 0.717) is 13.0 Å². The Balaban J connectivity index is 2.15. The molecule has 2 saturated carbocycles. The fraction of sp³-hybridized carbons (Fsp3) is 0.818. The van der Waals surface area contributed by atoms with Gasteiger partial charge < -0.3 is 4.74 Å². The minimum absolute atomic E-state index is 0.103. The Hall–Kier alpha value is -0.700. The lowest BCUT2D eigenvalue weighted by molar-refractivity contribution is -0.145. The maximum atomic E-state index is 11.8. The maximum absolute atomic E-state index is 11.8. The molecule has 14 heavy (non-hydrogen) atoms. The van der Waals surface area contributed by atoms with Crippen LogP contribution in [0.4, 0.5) is 0 Å². The van der Waals surface area contributed by atoms with Gasteiger partial charge in [0, 0.05) is 19.4 Å². The van der Waals surface area contributed by atoms with Crippen LogP contribution in [0.1, 0.15) is 25.7 Å². The average molecular weight is 196 g/mol. The number of methoxy groups -OCH3 is 1. The largest absolute Gasteiger partial charge is 0.384 e.